The molecule has 33 heavy (non-hydrogen) atoms. The number of rotatable bonds is 9. The van der Waals surface area contributed by atoms with E-state index >= 15 is 0 Å². The van der Waals surface area contributed by atoms with E-state index in [-0.39, 0.29) is 44.3 Å². The molecule has 0 atom stereocenters. The molecule has 0 unspecified atom stereocenters. The van der Waals surface area contributed by atoms with E-state index in [1.54, 1.807) is 6.08 Å². The molecule has 0 aliphatic heterocycles. The average molecular weight is 666 g/mol. The van der Waals surface area contributed by atoms with Crippen molar-refractivity contribution in [2.45, 2.75) is 41.5 Å². The monoisotopic (exact) mass is 665 g/mol. The first kappa shape index (κ1) is 34.6. The van der Waals surface area contributed by atoms with Crippen LogP contribution in [0.15, 0.2) is 66.7 Å². The molecule has 0 amide bonds. The van der Waals surface area contributed by atoms with Crippen LogP contribution in [0, 0.1) is 19.9 Å². The minimum absolute atomic E-state index is 0. The van der Waals surface area contributed by atoms with Gasteiger partial charge in [-0.25, -0.2) is 0 Å². The molecule has 1 aliphatic rings. The first-order chi connectivity index (χ1) is 15.1. The van der Waals surface area contributed by atoms with Crippen molar-refractivity contribution < 1.29 is 21.1 Å². The maximum atomic E-state index is 5.72. The summed E-state index contributed by atoms with van der Waals surface area (Å²) in [6, 6.07) is 20.9. The van der Waals surface area contributed by atoms with Gasteiger partial charge < -0.3 is 14.0 Å². The zero-order chi connectivity index (χ0) is 23.1. The van der Waals surface area contributed by atoms with Crippen LogP contribution in [0.1, 0.15) is 52.7 Å². The maximum absolute atomic E-state index is 5.72. The molecular formula is C30H48P2Pt+2. The van der Waals surface area contributed by atoms with Crippen LogP contribution in [0.4, 0.5) is 0 Å². The van der Waals surface area contributed by atoms with Crippen LogP contribution in [-0.2, 0) is 21.1 Å². The molecule has 0 radical (unpaired) electrons. The van der Waals surface area contributed by atoms with Crippen molar-refractivity contribution in [1.29, 1.82) is 0 Å². The van der Waals surface area contributed by atoms with Crippen LogP contribution in [-0.4, -0.2) is 37.0 Å². The third kappa shape index (κ3) is 12.1. The fourth-order valence-electron chi connectivity index (χ4n) is 3.84. The van der Waals surface area contributed by atoms with E-state index in [0.29, 0.717) is 5.92 Å². The molecule has 2 aromatic rings. The van der Waals surface area contributed by atoms with Gasteiger partial charge in [0, 0.05) is 0 Å². The fourth-order valence-corrected chi connectivity index (χ4v) is 6.84. The van der Waals surface area contributed by atoms with E-state index in [9.17, 15) is 0 Å². The molecular weight excluding hydrogens is 617 g/mol. The molecule has 0 saturated heterocycles. The van der Waals surface area contributed by atoms with Crippen LogP contribution in [0.2, 0.25) is 0 Å². The van der Waals surface area contributed by atoms with Gasteiger partial charge in [-0.05, 0) is 85.6 Å². The predicted octanol–water partition coefficient (Wildman–Crippen LogP) is 9.18. The molecule has 0 bridgehead atoms. The van der Waals surface area contributed by atoms with E-state index < -0.39 is 0 Å². The van der Waals surface area contributed by atoms with Crippen LogP contribution in [0.3, 0.4) is 0 Å². The van der Waals surface area contributed by atoms with Crippen LogP contribution in [0.25, 0.3) is 11.1 Å². The molecule has 0 N–H and O–H groups in total. The Hall–Kier alpha value is -0.532. The predicted molar refractivity (Wildman–Crippen MR) is 158 cm³/mol. The Labute approximate surface area is 223 Å². The maximum Gasteiger partial charge on any atom is 2.00 e. The van der Waals surface area contributed by atoms with Gasteiger partial charge in [-0.2, -0.15) is 0 Å². The van der Waals surface area contributed by atoms with Crippen molar-refractivity contribution >= 4 is 27.0 Å². The van der Waals surface area contributed by atoms with Gasteiger partial charge >= 0.3 is 21.1 Å². The Morgan fingerprint density at radius 1 is 0.606 bits per heavy atom. The third-order valence-electron chi connectivity index (χ3n) is 6.19. The van der Waals surface area contributed by atoms with Gasteiger partial charge in [0.2, 0.25) is 0 Å². The molecule has 186 valence electrons. The van der Waals surface area contributed by atoms with Crippen molar-refractivity contribution in [3.8, 4) is 0 Å². The van der Waals surface area contributed by atoms with Crippen molar-refractivity contribution in [3.63, 3.8) is 0 Å². The molecule has 0 aromatic heterocycles. The van der Waals surface area contributed by atoms with Gasteiger partial charge in [-0.1, -0.05) is 60.7 Å². The second-order valence-corrected chi connectivity index (χ2v) is 15.1. The first-order valence-corrected chi connectivity index (χ1v) is 16.4. The molecule has 0 saturated carbocycles. The smallest absolute Gasteiger partial charge is 0.517 e. The summed E-state index contributed by atoms with van der Waals surface area (Å²) >= 11 is 0. The minimum atomic E-state index is 0. The number of hydrogen-bond acceptors (Lipinski definition) is 0. The van der Waals surface area contributed by atoms with Crippen LogP contribution >= 0.6 is 15.8 Å². The van der Waals surface area contributed by atoms with E-state index in [4.69, 9.17) is 6.58 Å². The second kappa shape index (κ2) is 20.8. The fraction of sp³-hybridized carbons (Fsp3) is 0.433. The molecule has 2 aromatic carbocycles. The summed E-state index contributed by atoms with van der Waals surface area (Å²) < 4.78 is 0. The van der Waals surface area contributed by atoms with Crippen molar-refractivity contribution in [2.75, 3.05) is 37.0 Å². The third-order valence-corrected chi connectivity index (χ3v) is 12.2. The van der Waals surface area contributed by atoms with E-state index in [0.717, 1.165) is 0 Å². The van der Waals surface area contributed by atoms with Crippen molar-refractivity contribution in [3.05, 3.63) is 91.9 Å². The average Bonchev–Trinajstić information content (AvgIpc) is 3.58. The summed E-state index contributed by atoms with van der Waals surface area (Å²) in [7, 11) is 0.275. The van der Waals surface area contributed by atoms with Gasteiger partial charge in [0.1, 0.15) is 0 Å². The Morgan fingerprint density at radius 3 is 1.06 bits per heavy atom. The summed E-state index contributed by atoms with van der Waals surface area (Å²) in [6.45, 7) is 19.6. The van der Waals surface area contributed by atoms with E-state index in [1.165, 1.54) is 59.2 Å². The van der Waals surface area contributed by atoms with Gasteiger partial charge in [-0.3, -0.25) is 6.08 Å². The molecule has 1 aliphatic carbocycles. The van der Waals surface area contributed by atoms with Crippen molar-refractivity contribution in [1.82, 2.24) is 0 Å². The Bertz CT molecular complexity index is 675. The zero-order valence-corrected chi connectivity index (χ0v) is 26.3. The SMILES string of the molecule is CC[PH+](CC)CC.CC[PH+](CC)CC.[CH-]=CC1C(c2ccccc2)=C1c1ccccc1.[CH3-].[Pt+2]. The standard InChI is InChI=1S/C17H13.2C6H15P.CH3.Pt/c1-2-15-16(13-9-5-3-6-10-13)17(15)14-11-7-4-8-12-14;2*1-4-7(5-2)6-3;;/h1-12,15H;2*4-6H2,1-3H3;1H3;/q-1;;;-1;+2/p+2. The topological polar surface area (TPSA) is 0 Å². The molecule has 3 rings (SSSR count). The van der Waals surface area contributed by atoms with Gasteiger partial charge in [-0.15, -0.1) is 0 Å². The summed E-state index contributed by atoms with van der Waals surface area (Å²) in [5, 5.41) is 0. The Morgan fingerprint density at radius 2 is 0.879 bits per heavy atom. The Balaban J connectivity index is 0. The van der Waals surface area contributed by atoms with E-state index in [2.05, 4.69) is 90.1 Å². The largest absolute Gasteiger partial charge is 2.00 e. The normalized spacial score (nSPS) is 12.0. The summed E-state index contributed by atoms with van der Waals surface area (Å²) in [5.41, 5.74) is 5.27. The van der Waals surface area contributed by atoms with Gasteiger partial charge in [0.15, 0.2) is 0 Å². The van der Waals surface area contributed by atoms with Crippen LogP contribution in [0.5, 0.6) is 0 Å². The summed E-state index contributed by atoms with van der Waals surface area (Å²) in [4.78, 5) is 0. The first-order valence-electron chi connectivity index (χ1n) is 12.2. The summed E-state index contributed by atoms with van der Waals surface area (Å²) in [6.07, 6.45) is 10.5. The molecule has 0 heterocycles. The zero-order valence-electron chi connectivity index (χ0n) is 22.1. The quantitative estimate of drug-likeness (QED) is 0.185. The molecule has 3 heteroatoms. The van der Waals surface area contributed by atoms with Crippen LogP contribution < -0.4 is 0 Å². The van der Waals surface area contributed by atoms with E-state index in [1.807, 2.05) is 12.1 Å². The van der Waals surface area contributed by atoms with Gasteiger partial charge in [0.25, 0.3) is 0 Å². The second-order valence-electron chi connectivity index (χ2n) is 7.85. The number of allylic oxidation sites excluding steroid dienone is 3. The minimum Gasteiger partial charge on any atom is -0.517 e. The molecule has 0 fully saturated rings. The van der Waals surface area contributed by atoms with Gasteiger partial charge in [0.05, 0.1) is 37.0 Å². The summed E-state index contributed by atoms with van der Waals surface area (Å²) in [5.74, 6) is 0.319. The molecule has 0 spiro atoms. The Kier molecular flexibility index (Phi) is 21.8. The number of benzene rings is 2. The number of hydrogen-bond donors (Lipinski definition) is 0. The molecule has 0 nitrogen and oxygen atoms in total. The van der Waals surface area contributed by atoms with Crippen molar-refractivity contribution in [2.24, 2.45) is 5.92 Å².